The van der Waals surface area contributed by atoms with Crippen LogP contribution in [0.25, 0.3) is 0 Å². The lowest BCUT2D eigenvalue weighted by atomic mass is 10.0. The van der Waals surface area contributed by atoms with Crippen molar-refractivity contribution in [2.24, 2.45) is 0 Å². The Morgan fingerprint density at radius 2 is 2.18 bits per heavy atom. The van der Waals surface area contributed by atoms with Crippen molar-refractivity contribution in [1.82, 2.24) is 5.32 Å². The Morgan fingerprint density at radius 1 is 1.41 bits per heavy atom. The van der Waals surface area contributed by atoms with Gasteiger partial charge in [0.15, 0.2) is 0 Å². The lowest BCUT2D eigenvalue weighted by Gasteiger charge is -2.17. The maximum atomic E-state index is 13.7. The molecule has 0 fully saturated rings. The van der Waals surface area contributed by atoms with Gasteiger partial charge in [0.2, 0.25) is 0 Å². The molecule has 1 N–H and O–H groups in total. The van der Waals surface area contributed by atoms with Crippen LogP contribution in [0.1, 0.15) is 31.4 Å². The molecule has 96 valence electrons. The van der Waals surface area contributed by atoms with Crippen LogP contribution < -0.4 is 5.32 Å². The van der Waals surface area contributed by atoms with Crippen LogP contribution in [-0.2, 0) is 4.74 Å². The molecular weight excluding hydrogens is 285 g/mol. The fraction of sp³-hybridized carbons (Fsp3) is 0.538. The zero-order valence-electron chi connectivity index (χ0n) is 10.3. The second kappa shape index (κ2) is 7.80. The molecule has 0 aromatic heterocycles. The number of nitrogens with one attached hydrogen (secondary N) is 1. The molecule has 17 heavy (non-hydrogen) atoms. The first-order valence-electron chi connectivity index (χ1n) is 5.89. The lowest BCUT2D eigenvalue weighted by molar-refractivity contribution is 0.125. The molecule has 0 radical (unpaired) electrons. The standard InChI is InChI=1S/C13H19BrFNO/c1-3-7-17-8-6-13(16-2)11-9-10(14)4-5-12(11)15/h4-5,9,13,16H,3,6-8H2,1-2H3. The first-order valence-corrected chi connectivity index (χ1v) is 6.68. The van der Waals surface area contributed by atoms with Gasteiger partial charge in [0.05, 0.1) is 0 Å². The predicted molar refractivity (Wildman–Crippen MR) is 71.6 cm³/mol. The Morgan fingerprint density at radius 3 is 2.82 bits per heavy atom. The summed E-state index contributed by atoms with van der Waals surface area (Å²) in [4.78, 5) is 0. The fourth-order valence-electron chi connectivity index (χ4n) is 1.68. The van der Waals surface area contributed by atoms with E-state index in [4.69, 9.17) is 4.74 Å². The minimum atomic E-state index is -0.178. The molecule has 0 saturated carbocycles. The van der Waals surface area contributed by atoms with Gasteiger partial charge in [-0.25, -0.2) is 4.39 Å². The summed E-state index contributed by atoms with van der Waals surface area (Å²) in [7, 11) is 1.84. The topological polar surface area (TPSA) is 21.3 Å². The zero-order chi connectivity index (χ0) is 12.7. The number of ether oxygens (including phenoxy) is 1. The molecule has 0 aliphatic heterocycles. The highest BCUT2D eigenvalue weighted by molar-refractivity contribution is 9.10. The van der Waals surface area contributed by atoms with Crippen molar-refractivity contribution in [3.63, 3.8) is 0 Å². The molecule has 0 amide bonds. The first-order chi connectivity index (χ1) is 8.19. The van der Waals surface area contributed by atoms with Crippen LogP contribution in [0, 0.1) is 5.82 Å². The highest BCUT2D eigenvalue weighted by Crippen LogP contribution is 2.23. The summed E-state index contributed by atoms with van der Waals surface area (Å²) in [6.45, 7) is 3.48. The average molecular weight is 304 g/mol. The minimum absolute atomic E-state index is 0.00986. The second-order valence-electron chi connectivity index (χ2n) is 3.91. The Bertz CT molecular complexity index is 346. The quantitative estimate of drug-likeness (QED) is 0.776. The molecule has 1 atom stereocenters. The summed E-state index contributed by atoms with van der Waals surface area (Å²) >= 11 is 3.36. The smallest absolute Gasteiger partial charge is 0.128 e. The van der Waals surface area contributed by atoms with E-state index in [0.717, 1.165) is 23.9 Å². The van der Waals surface area contributed by atoms with Crippen molar-refractivity contribution in [2.45, 2.75) is 25.8 Å². The summed E-state index contributed by atoms with van der Waals surface area (Å²) < 4.78 is 20.0. The molecular formula is C13H19BrFNO. The molecule has 1 aromatic carbocycles. The van der Waals surface area contributed by atoms with Crippen molar-refractivity contribution in [2.75, 3.05) is 20.3 Å². The summed E-state index contributed by atoms with van der Waals surface area (Å²) in [6, 6.07) is 5.00. The molecule has 1 aromatic rings. The van der Waals surface area contributed by atoms with Crippen molar-refractivity contribution >= 4 is 15.9 Å². The van der Waals surface area contributed by atoms with Crippen LogP contribution in [0.3, 0.4) is 0 Å². The molecule has 4 heteroatoms. The number of benzene rings is 1. The maximum absolute atomic E-state index is 13.7. The molecule has 0 aliphatic rings. The van der Waals surface area contributed by atoms with Crippen LogP contribution in [0.15, 0.2) is 22.7 Å². The summed E-state index contributed by atoms with van der Waals surface area (Å²) in [5.41, 5.74) is 0.682. The lowest BCUT2D eigenvalue weighted by Crippen LogP contribution is -2.19. The fourth-order valence-corrected chi connectivity index (χ4v) is 2.06. The Kier molecular flexibility index (Phi) is 6.70. The van der Waals surface area contributed by atoms with Gasteiger partial charge in [0, 0.05) is 29.3 Å². The molecule has 0 spiro atoms. The van der Waals surface area contributed by atoms with Crippen LogP contribution in [0.4, 0.5) is 4.39 Å². The Hall–Kier alpha value is -0.450. The van der Waals surface area contributed by atoms with Crippen LogP contribution in [0.2, 0.25) is 0 Å². The normalized spacial score (nSPS) is 12.7. The third-order valence-electron chi connectivity index (χ3n) is 2.58. The van der Waals surface area contributed by atoms with Gasteiger partial charge in [-0.1, -0.05) is 22.9 Å². The average Bonchev–Trinajstić information content (AvgIpc) is 2.33. The summed E-state index contributed by atoms with van der Waals surface area (Å²) in [5.74, 6) is -0.178. The van der Waals surface area contributed by atoms with E-state index < -0.39 is 0 Å². The van der Waals surface area contributed by atoms with Gasteiger partial charge in [-0.3, -0.25) is 0 Å². The largest absolute Gasteiger partial charge is 0.381 e. The third kappa shape index (κ3) is 4.74. The molecule has 1 rings (SSSR count). The molecule has 0 saturated heterocycles. The Labute approximate surface area is 111 Å². The third-order valence-corrected chi connectivity index (χ3v) is 3.07. The van der Waals surface area contributed by atoms with Crippen LogP contribution >= 0.6 is 15.9 Å². The van der Waals surface area contributed by atoms with Gasteiger partial charge in [-0.2, -0.15) is 0 Å². The highest BCUT2D eigenvalue weighted by Gasteiger charge is 2.14. The molecule has 0 aliphatic carbocycles. The zero-order valence-corrected chi connectivity index (χ0v) is 11.9. The summed E-state index contributed by atoms with van der Waals surface area (Å²) in [5, 5.41) is 3.12. The van der Waals surface area contributed by atoms with Crippen LogP contribution in [0.5, 0.6) is 0 Å². The van der Waals surface area contributed by atoms with Gasteiger partial charge in [0.1, 0.15) is 5.82 Å². The van der Waals surface area contributed by atoms with E-state index in [1.807, 2.05) is 13.1 Å². The van der Waals surface area contributed by atoms with Crippen molar-refractivity contribution < 1.29 is 9.13 Å². The SMILES string of the molecule is CCCOCCC(NC)c1cc(Br)ccc1F. The van der Waals surface area contributed by atoms with Crippen molar-refractivity contribution in [3.8, 4) is 0 Å². The van der Waals surface area contributed by atoms with E-state index in [0.29, 0.717) is 12.2 Å². The van der Waals surface area contributed by atoms with Gasteiger partial charge >= 0.3 is 0 Å². The van der Waals surface area contributed by atoms with E-state index in [2.05, 4.69) is 28.2 Å². The van der Waals surface area contributed by atoms with Crippen LogP contribution in [-0.4, -0.2) is 20.3 Å². The van der Waals surface area contributed by atoms with E-state index in [9.17, 15) is 4.39 Å². The summed E-state index contributed by atoms with van der Waals surface area (Å²) in [6.07, 6.45) is 1.78. The maximum Gasteiger partial charge on any atom is 0.128 e. The van der Waals surface area contributed by atoms with Gasteiger partial charge in [0.25, 0.3) is 0 Å². The molecule has 0 bridgehead atoms. The van der Waals surface area contributed by atoms with E-state index >= 15 is 0 Å². The number of rotatable bonds is 7. The van der Waals surface area contributed by atoms with Gasteiger partial charge in [-0.15, -0.1) is 0 Å². The second-order valence-corrected chi connectivity index (χ2v) is 4.82. The number of halogens is 2. The van der Waals surface area contributed by atoms with E-state index in [-0.39, 0.29) is 11.9 Å². The minimum Gasteiger partial charge on any atom is -0.381 e. The Balaban J connectivity index is 2.62. The van der Waals surface area contributed by atoms with Gasteiger partial charge in [-0.05, 0) is 38.1 Å². The number of hydrogen-bond acceptors (Lipinski definition) is 2. The molecule has 1 unspecified atom stereocenters. The van der Waals surface area contributed by atoms with E-state index in [1.54, 1.807) is 6.07 Å². The molecule has 2 nitrogen and oxygen atoms in total. The monoisotopic (exact) mass is 303 g/mol. The first kappa shape index (κ1) is 14.6. The van der Waals surface area contributed by atoms with E-state index in [1.165, 1.54) is 6.07 Å². The van der Waals surface area contributed by atoms with Crippen molar-refractivity contribution in [3.05, 3.63) is 34.1 Å². The predicted octanol–water partition coefficient (Wildman–Crippen LogP) is 3.67. The van der Waals surface area contributed by atoms with Gasteiger partial charge < -0.3 is 10.1 Å². The van der Waals surface area contributed by atoms with Crippen molar-refractivity contribution in [1.29, 1.82) is 0 Å². The molecule has 0 heterocycles. The highest BCUT2D eigenvalue weighted by atomic mass is 79.9. The number of hydrogen-bond donors (Lipinski definition) is 1.